The van der Waals surface area contributed by atoms with E-state index in [1.165, 1.54) is 11.3 Å². The molecule has 0 saturated carbocycles. The van der Waals surface area contributed by atoms with E-state index in [2.05, 4.69) is 39.4 Å². The summed E-state index contributed by atoms with van der Waals surface area (Å²) in [4.78, 5) is 19.0. The average molecular weight is 371 g/mol. The third kappa shape index (κ3) is 4.00. The van der Waals surface area contributed by atoms with Gasteiger partial charge in [0.15, 0.2) is 0 Å². The van der Waals surface area contributed by atoms with Gasteiger partial charge in [-0.25, -0.2) is 0 Å². The molecule has 3 heterocycles. The molecule has 2 aliphatic heterocycles. The fourth-order valence-electron chi connectivity index (χ4n) is 3.95. The number of morpholine rings is 1. The van der Waals surface area contributed by atoms with Crippen LogP contribution < -0.4 is 0 Å². The summed E-state index contributed by atoms with van der Waals surface area (Å²) in [7, 11) is 0. The maximum Gasteiger partial charge on any atom is 0.254 e. The van der Waals surface area contributed by atoms with Crippen molar-refractivity contribution in [2.45, 2.75) is 25.3 Å². The number of carbonyl (C=O) groups excluding carboxylic acids is 1. The van der Waals surface area contributed by atoms with Gasteiger partial charge in [0.2, 0.25) is 0 Å². The lowest BCUT2D eigenvalue weighted by Crippen LogP contribution is -2.51. The number of piperidine rings is 1. The lowest BCUT2D eigenvalue weighted by atomic mass is 9.99. The summed E-state index contributed by atoms with van der Waals surface area (Å²) >= 11 is 1.71. The molecule has 26 heavy (non-hydrogen) atoms. The number of benzene rings is 1. The monoisotopic (exact) mass is 370 g/mol. The number of nitrogens with zero attached hydrogens (tertiary/aromatic N) is 2. The Hall–Kier alpha value is -1.69. The summed E-state index contributed by atoms with van der Waals surface area (Å²) < 4.78 is 5.46. The fraction of sp³-hybridized carbons (Fsp3) is 0.476. The van der Waals surface area contributed by atoms with E-state index in [0.717, 1.165) is 63.4 Å². The minimum atomic E-state index is 0.182. The lowest BCUT2D eigenvalue weighted by molar-refractivity contribution is 0.0166. The summed E-state index contributed by atoms with van der Waals surface area (Å²) in [6.45, 7) is 5.42. The first kappa shape index (κ1) is 17.7. The maximum absolute atomic E-state index is 13.3. The van der Waals surface area contributed by atoms with Crippen molar-refractivity contribution in [2.75, 3.05) is 39.4 Å². The third-order valence-electron chi connectivity index (χ3n) is 5.38. The zero-order chi connectivity index (χ0) is 17.8. The van der Waals surface area contributed by atoms with E-state index in [1.807, 2.05) is 12.1 Å². The van der Waals surface area contributed by atoms with Crippen LogP contribution in [0.2, 0.25) is 0 Å². The molecule has 0 radical (unpaired) electrons. The second-order valence-corrected chi connectivity index (χ2v) is 8.07. The number of amides is 1. The van der Waals surface area contributed by atoms with Gasteiger partial charge in [-0.2, -0.15) is 0 Å². The van der Waals surface area contributed by atoms with E-state index < -0.39 is 0 Å². The molecule has 2 saturated heterocycles. The normalized spacial score (nSPS) is 21.7. The molecule has 1 atom stereocenters. The van der Waals surface area contributed by atoms with Crippen molar-refractivity contribution in [1.82, 2.24) is 9.80 Å². The van der Waals surface area contributed by atoms with Crippen LogP contribution in [-0.2, 0) is 4.74 Å². The summed E-state index contributed by atoms with van der Waals surface area (Å²) in [6, 6.07) is 12.6. The van der Waals surface area contributed by atoms with Gasteiger partial charge in [0, 0.05) is 42.7 Å². The Bertz CT molecular complexity index is 725. The molecular formula is C21H26N2O2S. The molecule has 2 aromatic rings. The van der Waals surface area contributed by atoms with Crippen LogP contribution in [0.3, 0.4) is 0 Å². The summed E-state index contributed by atoms with van der Waals surface area (Å²) in [5.74, 6) is 0.182. The van der Waals surface area contributed by atoms with Gasteiger partial charge >= 0.3 is 0 Å². The van der Waals surface area contributed by atoms with Crippen LogP contribution in [0.25, 0.3) is 10.4 Å². The highest BCUT2D eigenvalue weighted by molar-refractivity contribution is 7.13. The number of rotatable bonds is 4. The molecule has 1 aromatic heterocycles. The lowest BCUT2D eigenvalue weighted by Gasteiger charge is -2.39. The highest BCUT2D eigenvalue weighted by Gasteiger charge is 2.29. The first-order valence-corrected chi connectivity index (χ1v) is 10.4. The van der Waals surface area contributed by atoms with Crippen LogP contribution in [0.1, 0.15) is 29.6 Å². The van der Waals surface area contributed by atoms with E-state index in [9.17, 15) is 4.79 Å². The fourth-order valence-corrected chi connectivity index (χ4v) is 4.68. The molecule has 0 bridgehead atoms. The molecule has 5 heteroatoms. The molecule has 1 aromatic carbocycles. The first-order valence-electron chi connectivity index (χ1n) is 9.56. The van der Waals surface area contributed by atoms with Gasteiger partial charge in [0.05, 0.1) is 13.2 Å². The molecule has 4 rings (SSSR count). The molecule has 0 aliphatic carbocycles. The van der Waals surface area contributed by atoms with Crippen LogP contribution >= 0.6 is 11.3 Å². The van der Waals surface area contributed by atoms with E-state index >= 15 is 0 Å². The Kier molecular flexibility index (Phi) is 5.68. The first-order chi connectivity index (χ1) is 12.8. The number of hydrogen-bond acceptors (Lipinski definition) is 4. The van der Waals surface area contributed by atoms with E-state index in [4.69, 9.17) is 4.74 Å². The standard InChI is InChI=1S/C21H26N2O2S/c24-21(18-6-3-5-17(15-18)20-8-4-14-26-20)23-9-2-1-7-19(23)16-22-10-12-25-13-11-22/h3-6,8,14-15,19H,1-2,7,9-13,16H2/t19-/m1/s1. The summed E-state index contributed by atoms with van der Waals surface area (Å²) in [5, 5.41) is 2.08. The van der Waals surface area contributed by atoms with Crippen molar-refractivity contribution in [1.29, 1.82) is 0 Å². The Morgan fingerprint density at radius 3 is 2.81 bits per heavy atom. The molecule has 1 amide bonds. The Balaban J connectivity index is 1.50. The zero-order valence-electron chi connectivity index (χ0n) is 15.1. The third-order valence-corrected chi connectivity index (χ3v) is 6.29. The van der Waals surface area contributed by atoms with E-state index in [1.54, 1.807) is 11.3 Å². The molecule has 138 valence electrons. The summed E-state index contributed by atoms with van der Waals surface area (Å²) in [6.07, 6.45) is 3.43. The van der Waals surface area contributed by atoms with Gasteiger partial charge in [0.25, 0.3) is 5.91 Å². The van der Waals surface area contributed by atoms with Gasteiger partial charge in [-0.3, -0.25) is 9.69 Å². The van der Waals surface area contributed by atoms with Crippen molar-refractivity contribution < 1.29 is 9.53 Å². The second-order valence-electron chi connectivity index (χ2n) is 7.12. The molecule has 2 fully saturated rings. The van der Waals surface area contributed by atoms with Crippen LogP contribution in [0.15, 0.2) is 41.8 Å². The van der Waals surface area contributed by atoms with E-state index in [-0.39, 0.29) is 5.91 Å². The SMILES string of the molecule is O=C(c1cccc(-c2cccs2)c1)N1CCCC[C@@H]1CN1CCOCC1. The van der Waals surface area contributed by atoms with Crippen molar-refractivity contribution in [3.05, 3.63) is 47.3 Å². The van der Waals surface area contributed by atoms with Crippen molar-refractivity contribution in [3.63, 3.8) is 0 Å². The molecule has 0 spiro atoms. The number of ether oxygens (including phenoxy) is 1. The second kappa shape index (κ2) is 8.33. The topological polar surface area (TPSA) is 32.8 Å². The largest absolute Gasteiger partial charge is 0.379 e. The number of carbonyl (C=O) groups is 1. The molecule has 2 aliphatic rings. The van der Waals surface area contributed by atoms with Crippen LogP contribution in [0.4, 0.5) is 0 Å². The molecular weight excluding hydrogens is 344 g/mol. The van der Waals surface area contributed by atoms with Crippen molar-refractivity contribution >= 4 is 17.2 Å². The number of hydrogen-bond donors (Lipinski definition) is 0. The minimum absolute atomic E-state index is 0.182. The van der Waals surface area contributed by atoms with Gasteiger partial charge in [-0.1, -0.05) is 18.2 Å². The maximum atomic E-state index is 13.3. The highest BCUT2D eigenvalue weighted by Crippen LogP contribution is 2.27. The van der Waals surface area contributed by atoms with Crippen LogP contribution in [-0.4, -0.2) is 61.1 Å². The summed E-state index contributed by atoms with van der Waals surface area (Å²) in [5.41, 5.74) is 1.94. The average Bonchev–Trinajstić information content (AvgIpc) is 3.24. The smallest absolute Gasteiger partial charge is 0.254 e. The predicted octanol–water partition coefficient (Wildman–Crippen LogP) is 3.74. The number of thiophene rings is 1. The molecule has 0 N–H and O–H groups in total. The van der Waals surface area contributed by atoms with Crippen LogP contribution in [0.5, 0.6) is 0 Å². The molecule has 0 unspecified atom stereocenters. The quantitative estimate of drug-likeness (QED) is 0.822. The van der Waals surface area contributed by atoms with Gasteiger partial charge in [0.1, 0.15) is 0 Å². The van der Waals surface area contributed by atoms with Gasteiger partial charge in [-0.15, -0.1) is 11.3 Å². The Morgan fingerprint density at radius 2 is 2.00 bits per heavy atom. The Morgan fingerprint density at radius 1 is 1.12 bits per heavy atom. The zero-order valence-corrected chi connectivity index (χ0v) is 15.9. The highest BCUT2D eigenvalue weighted by atomic mass is 32.1. The van der Waals surface area contributed by atoms with E-state index in [0.29, 0.717) is 6.04 Å². The Labute approximate surface area is 159 Å². The van der Waals surface area contributed by atoms with Gasteiger partial charge in [-0.05, 0) is 48.4 Å². The van der Waals surface area contributed by atoms with Crippen molar-refractivity contribution in [3.8, 4) is 10.4 Å². The minimum Gasteiger partial charge on any atom is -0.379 e. The molecule has 4 nitrogen and oxygen atoms in total. The predicted molar refractivity (Wildman–Crippen MR) is 106 cm³/mol. The number of likely N-dealkylation sites (tertiary alicyclic amines) is 1. The van der Waals surface area contributed by atoms with Gasteiger partial charge < -0.3 is 9.64 Å². The van der Waals surface area contributed by atoms with Crippen molar-refractivity contribution in [2.24, 2.45) is 0 Å². The van der Waals surface area contributed by atoms with Crippen LogP contribution in [0, 0.1) is 0 Å².